The van der Waals surface area contributed by atoms with Gasteiger partial charge in [-0.05, 0) is 18.2 Å². The molecule has 1 heterocycles. The number of methoxy groups -OCH3 is 1. The fraction of sp³-hybridized carbons (Fsp3) is 0.500. The third kappa shape index (κ3) is 3.65. The minimum atomic E-state index is -4.53. The van der Waals surface area contributed by atoms with Gasteiger partial charge in [-0.25, -0.2) is 0 Å². The third-order valence-electron chi connectivity index (χ3n) is 3.42. The summed E-state index contributed by atoms with van der Waals surface area (Å²) in [5.41, 5.74) is -0.761. The van der Waals surface area contributed by atoms with Gasteiger partial charge < -0.3 is 15.0 Å². The Morgan fingerprint density at radius 1 is 1.48 bits per heavy atom. The van der Waals surface area contributed by atoms with Crippen molar-refractivity contribution in [1.29, 1.82) is 5.26 Å². The lowest BCUT2D eigenvalue weighted by atomic mass is 10.1. The molecule has 4 nitrogen and oxygen atoms in total. The molecule has 0 spiro atoms. The van der Waals surface area contributed by atoms with E-state index in [2.05, 4.69) is 5.32 Å². The number of halogens is 3. The Labute approximate surface area is 121 Å². The molecule has 0 aliphatic carbocycles. The molecule has 0 aromatic heterocycles. The molecule has 1 fully saturated rings. The van der Waals surface area contributed by atoms with Crippen LogP contribution in [0, 0.1) is 11.3 Å². The summed E-state index contributed by atoms with van der Waals surface area (Å²) in [4.78, 5) is 1.87. The zero-order chi connectivity index (χ0) is 15.5. The molecule has 1 aliphatic heterocycles. The lowest BCUT2D eigenvalue weighted by Crippen LogP contribution is -2.52. The monoisotopic (exact) mass is 299 g/mol. The predicted octanol–water partition coefficient (Wildman–Crippen LogP) is 2.00. The Morgan fingerprint density at radius 3 is 2.86 bits per heavy atom. The van der Waals surface area contributed by atoms with Crippen LogP contribution in [0.5, 0.6) is 0 Å². The normalized spacial score (nSPS) is 19.4. The summed E-state index contributed by atoms with van der Waals surface area (Å²) in [6.07, 6.45) is -4.53. The van der Waals surface area contributed by atoms with Crippen molar-refractivity contribution < 1.29 is 17.9 Å². The minimum Gasteiger partial charge on any atom is -0.383 e. The van der Waals surface area contributed by atoms with E-state index in [-0.39, 0.29) is 11.6 Å². The fourth-order valence-corrected chi connectivity index (χ4v) is 2.43. The molecular formula is C14H16F3N3O. The van der Waals surface area contributed by atoms with Crippen LogP contribution in [0.2, 0.25) is 0 Å². The van der Waals surface area contributed by atoms with Gasteiger partial charge in [0, 0.05) is 38.5 Å². The Kier molecular flexibility index (Phi) is 4.70. The van der Waals surface area contributed by atoms with Crippen LogP contribution in [-0.2, 0) is 10.9 Å². The Morgan fingerprint density at radius 2 is 2.24 bits per heavy atom. The standard InChI is InChI=1S/C14H16F3N3O/c1-21-9-11-8-20(5-4-19-11)12-3-2-10(7-18)13(6-12)14(15,16)17/h2-3,6,11,19H,4-5,8-9H2,1H3. The van der Waals surface area contributed by atoms with Gasteiger partial charge in [0.1, 0.15) is 0 Å². The van der Waals surface area contributed by atoms with Gasteiger partial charge in [0.2, 0.25) is 0 Å². The average Bonchev–Trinajstić information content (AvgIpc) is 2.46. The van der Waals surface area contributed by atoms with Crippen molar-refractivity contribution in [2.45, 2.75) is 12.2 Å². The summed E-state index contributed by atoms with van der Waals surface area (Å²) < 4.78 is 44.0. The van der Waals surface area contributed by atoms with Crippen LogP contribution in [-0.4, -0.2) is 39.4 Å². The number of piperazine rings is 1. The second-order valence-electron chi connectivity index (χ2n) is 4.89. The average molecular weight is 299 g/mol. The van der Waals surface area contributed by atoms with Crippen LogP contribution in [0.3, 0.4) is 0 Å². The van der Waals surface area contributed by atoms with Gasteiger partial charge in [0.15, 0.2) is 0 Å². The van der Waals surface area contributed by atoms with Crippen LogP contribution in [0.15, 0.2) is 18.2 Å². The van der Waals surface area contributed by atoms with Crippen molar-refractivity contribution in [3.8, 4) is 6.07 Å². The minimum absolute atomic E-state index is 0.0775. The van der Waals surface area contributed by atoms with E-state index in [0.29, 0.717) is 31.9 Å². The van der Waals surface area contributed by atoms with E-state index in [0.717, 1.165) is 6.07 Å². The highest BCUT2D eigenvalue weighted by atomic mass is 19.4. The van der Waals surface area contributed by atoms with E-state index in [1.54, 1.807) is 19.2 Å². The van der Waals surface area contributed by atoms with Crippen molar-refractivity contribution in [2.75, 3.05) is 38.3 Å². The topological polar surface area (TPSA) is 48.3 Å². The molecule has 0 bridgehead atoms. The fourth-order valence-electron chi connectivity index (χ4n) is 2.43. The van der Waals surface area contributed by atoms with E-state index in [9.17, 15) is 13.2 Å². The van der Waals surface area contributed by atoms with Crippen LogP contribution < -0.4 is 10.2 Å². The molecule has 1 aromatic rings. The number of hydrogen-bond donors (Lipinski definition) is 1. The maximum Gasteiger partial charge on any atom is 0.417 e. The molecule has 1 saturated heterocycles. The first-order valence-corrected chi connectivity index (χ1v) is 6.54. The molecular weight excluding hydrogens is 283 g/mol. The summed E-state index contributed by atoms with van der Waals surface area (Å²) in [6.45, 7) is 2.36. The summed E-state index contributed by atoms with van der Waals surface area (Å²) in [5.74, 6) is 0. The van der Waals surface area contributed by atoms with Crippen LogP contribution in [0.1, 0.15) is 11.1 Å². The van der Waals surface area contributed by atoms with Crippen molar-refractivity contribution in [3.63, 3.8) is 0 Å². The van der Waals surface area contributed by atoms with Gasteiger partial charge >= 0.3 is 6.18 Å². The highest BCUT2D eigenvalue weighted by Gasteiger charge is 2.34. The number of hydrogen-bond acceptors (Lipinski definition) is 4. The molecule has 1 unspecified atom stereocenters. The zero-order valence-electron chi connectivity index (χ0n) is 11.6. The zero-order valence-corrected chi connectivity index (χ0v) is 11.6. The Hall–Kier alpha value is -1.78. The van der Waals surface area contributed by atoms with Gasteiger partial charge in [-0.3, -0.25) is 0 Å². The summed E-state index contributed by atoms with van der Waals surface area (Å²) >= 11 is 0. The van der Waals surface area contributed by atoms with E-state index in [4.69, 9.17) is 10.00 Å². The third-order valence-corrected chi connectivity index (χ3v) is 3.42. The van der Waals surface area contributed by atoms with E-state index in [1.165, 1.54) is 6.07 Å². The van der Waals surface area contributed by atoms with Crippen molar-refractivity contribution in [2.24, 2.45) is 0 Å². The lowest BCUT2D eigenvalue weighted by Gasteiger charge is -2.35. The first-order chi connectivity index (χ1) is 9.95. The number of nitrogens with zero attached hydrogens (tertiary/aromatic N) is 2. The largest absolute Gasteiger partial charge is 0.417 e. The Bertz CT molecular complexity index is 537. The Balaban J connectivity index is 2.26. The number of benzene rings is 1. The van der Waals surface area contributed by atoms with Crippen LogP contribution >= 0.6 is 0 Å². The molecule has 0 saturated carbocycles. The first kappa shape index (κ1) is 15.6. The number of ether oxygens (including phenoxy) is 1. The number of alkyl halides is 3. The molecule has 114 valence electrons. The van der Waals surface area contributed by atoms with Gasteiger partial charge in [-0.2, -0.15) is 18.4 Å². The van der Waals surface area contributed by atoms with Crippen LogP contribution in [0.25, 0.3) is 0 Å². The highest BCUT2D eigenvalue weighted by molar-refractivity contribution is 5.55. The molecule has 0 radical (unpaired) electrons. The first-order valence-electron chi connectivity index (χ1n) is 6.54. The quantitative estimate of drug-likeness (QED) is 0.927. The molecule has 7 heteroatoms. The maximum atomic E-state index is 13.0. The smallest absolute Gasteiger partial charge is 0.383 e. The second-order valence-corrected chi connectivity index (χ2v) is 4.89. The number of rotatable bonds is 3. The van der Waals surface area contributed by atoms with Gasteiger partial charge in [-0.15, -0.1) is 0 Å². The predicted molar refractivity (Wildman–Crippen MR) is 72.0 cm³/mol. The van der Waals surface area contributed by atoms with Crippen molar-refractivity contribution >= 4 is 5.69 Å². The molecule has 2 rings (SSSR count). The SMILES string of the molecule is COCC1CN(c2ccc(C#N)c(C(F)(F)F)c2)CCN1. The number of nitrogens with one attached hydrogen (secondary N) is 1. The lowest BCUT2D eigenvalue weighted by molar-refractivity contribution is -0.137. The second kappa shape index (κ2) is 6.33. The molecule has 0 amide bonds. The van der Waals surface area contributed by atoms with E-state index >= 15 is 0 Å². The van der Waals surface area contributed by atoms with Gasteiger partial charge in [0.05, 0.1) is 23.8 Å². The summed E-state index contributed by atoms with van der Waals surface area (Å²) in [5, 5.41) is 12.1. The van der Waals surface area contributed by atoms with Gasteiger partial charge in [0.25, 0.3) is 0 Å². The summed E-state index contributed by atoms with van der Waals surface area (Å²) in [7, 11) is 1.59. The molecule has 1 aliphatic rings. The molecule has 21 heavy (non-hydrogen) atoms. The van der Waals surface area contributed by atoms with Gasteiger partial charge in [-0.1, -0.05) is 0 Å². The van der Waals surface area contributed by atoms with E-state index in [1.807, 2.05) is 4.90 Å². The molecule has 1 aromatic carbocycles. The van der Waals surface area contributed by atoms with Crippen molar-refractivity contribution in [3.05, 3.63) is 29.3 Å². The van der Waals surface area contributed by atoms with Crippen molar-refractivity contribution in [1.82, 2.24) is 5.32 Å². The number of nitriles is 1. The number of anilines is 1. The van der Waals surface area contributed by atoms with Crippen LogP contribution in [0.4, 0.5) is 18.9 Å². The van der Waals surface area contributed by atoms with E-state index < -0.39 is 11.7 Å². The molecule has 1 atom stereocenters. The highest BCUT2D eigenvalue weighted by Crippen LogP contribution is 2.34. The molecule has 1 N–H and O–H groups in total. The summed E-state index contributed by atoms with van der Waals surface area (Å²) in [6, 6.07) is 5.50. The maximum absolute atomic E-state index is 13.0.